The first kappa shape index (κ1) is 29.6. The van der Waals surface area contributed by atoms with Gasteiger partial charge in [0.15, 0.2) is 0 Å². The van der Waals surface area contributed by atoms with E-state index in [1.165, 1.54) is 11.8 Å². The highest BCUT2D eigenvalue weighted by atomic mass is 35.5. The molecule has 2 heterocycles. The number of nitrogens with one attached hydrogen (secondary N) is 3. The molecule has 198 valence electrons. The van der Waals surface area contributed by atoms with E-state index in [1.807, 2.05) is 20.8 Å². The number of ether oxygens (including phenoxy) is 1. The Morgan fingerprint density at radius 3 is 2.41 bits per heavy atom. The molecule has 2 saturated heterocycles. The van der Waals surface area contributed by atoms with E-state index in [4.69, 9.17) is 16.3 Å². The van der Waals surface area contributed by atoms with Crippen molar-refractivity contribution in [2.24, 2.45) is 5.92 Å². The number of carbonyl (C=O) groups is 2. The number of thioether (sulfide) groups is 1. The second-order valence-corrected chi connectivity index (χ2v) is 12.1. The summed E-state index contributed by atoms with van der Waals surface area (Å²) in [7, 11) is 0. The highest BCUT2D eigenvalue weighted by molar-refractivity contribution is 7.99. The molecule has 34 heavy (non-hydrogen) atoms. The number of aliphatic hydroxyl groups excluding tert-OH is 3. The maximum Gasteiger partial charge on any atom is 0.237 e. The highest BCUT2D eigenvalue weighted by Gasteiger charge is 2.48. The summed E-state index contributed by atoms with van der Waals surface area (Å²) in [5, 5.41) is 39.5. The van der Waals surface area contributed by atoms with Gasteiger partial charge in [-0.3, -0.25) is 9.59 Å². The van der Waals surface area contributed by atoms with Gasteiger partial charge >= 0.3 is 0 Å². The van der Waals surface area contributed by atoms with Crippen LogP contribution >= 0.6 is 23.4 Å². The Labute approximate surface area is 212 Å². The summed E-state index contributed by atoms with van der Waals surface area (Å²) in [6.45, 7) is 8.22. The quantitative estimate of drug-likeness (QED) is 0.256. The van der Waals surface area contributed by atoms with Gasteiger partial charge in [0.05, 0.1) is 17.5 Å². The van der Waals surface area contributed by atoms with Crippen LogP contribution in [0.15, 0.2) is 0 Å². The Hall–Kier alpha value is -0.620. The molecule has 0 aliphatic carbocycles. The average Bonchev–Trinajstić information content (AvgIpc) is 2.99. The summed E-state index contributed by atoms with van der Waals surface area (Å²) in [6, 6.07) is -1.19. The number of halogens is 1. The van der Waals surface area contributed by atoms with Crippen molar-refractivity contribution in [1.29, 1.82) is 0 Å². The normalized spacial score (nSPS) is 34.6. The highest BCUT2D eigenvalue weighted by Crippen LogP contribution is 2.30. The van der Waals surface area contributed by atoms with Crippen LogP contribution in [0.1, 0.15) is 59.8 Å². The van der Waals surface area contributed by atoms with Crippen LogP contribution in [-0.2, 0) is 14.3 Å². The first-order valence-corrected chi connectivity index (χ1v) is 13.8. The number of carbonyl (C=O) groups excluding carboxylic acids is 2. The van der Waals surface area contributed by atoms with Crippen LogP contribution < -0.4 is 16.0 Å². The molecule has 2 aliphatic rings. The molecule has 0 saturated carbocycles. The second kappa shape index (κ2) is 13.1. The fourth-order valence-electron chi connectivity index (χ4n) is 4.53. The molecule has 6 N–H and O–H groups in total. The molecule has 0 spiro atoms. The number of rotatable bonds is 8. The zero-order valence-corrected chi connectivity index (χ0v) is 22.4. The van der Waals surface area contributed by atoms with Crippen molar-refractivity contribution in [1.82, 2.24) is 16.0 Å². The summed E-state index contributed by atoms with van der Waals surface area (Å²) in [5.41, 5.74) is -0.994. The number of hydrogen-bond donors (Lipinski definition) is 6. The van der Waals surface area contributed by atoms with E-state index in [0.717, 1.165) is 19.3 Å². The molecule has 0 aromatic carbocycles. The lowest BCUT2D eigenvalue weighted by Crippen LogP contribution is -2.65. The topological polar surface area (TPSA) is 140 Å². The summed E-state index contributed by atoms with van der Waals surface area (Å²) < 4.78 is 5.82. The van der Waals surface area contributed by atoms with Crippen molar-refractivity contribution in [3.8, 4) is 0 Å². The zero-order chi connectivity index (χ0) is 25.6. The average molecular weight is 524 g/mol. The summed E-state index contributed by atoms with van der Waals surface area (Å²) in [4.78, 5) is 25.2. The largest absolute Gasteiger partial charge is 0.388 e. The predicted molar refractivity (Wildman–Crippen MR) is 134 cm³/mol. The maximum absolute atomic E-state index is 13.1. The zero-order valence-electron chi connectivity index (χ0n) is 20.8. The number of alkyl halides is 1. The van der Waals surface area contributed by atoms with Crippen molar-refractivity contribution >= 4 is 35.2 Å². The van der Waals surface area contributed by atoms with E-state index in [1.54, 1.807) is 13.2 Å². The minimum absolute atomic E-state index is 0.0415. The van der Waals surface area contributed by atoms with Crippen LogP contribution in [0.2, 0.25) is 0 Å². The Bertz CT molecular complexity index is 678. The molecule has 9 atom stereocenters. The molecule has 11 heteroatoms. The monoisotopic (exact) mass is 523 g/mol. The van der Waals surface area contributed by atoms with Crippen LogP contribution in [0.3, 0.4) is 0 Å². The van der Waals surface area contributed by atoms with Gasteiger partial charge in [0, 0.05) is 12.0 Å². The Balaban J connectivity index is 1.93. The number of aliphatic hydroxyl groups is 3. The third-order valence-corrected chi connectivity index (χ3v) is 7.54. The van der Waals surface area contributed by atoms with E-state index in [9.17, 15) is 24.9 Å². The molecule has 2 aliphatic heterocycles. The molecule has 5 unspecified atom stereocenters. The molecule has 0 aromatic rings. The SMILES string of the molecule is CSC1OC(C(NC(=O)[C@@H]2CC[C@H](CCC(=O)NC(C)(C)C)CCN2)[C@H](C)Cl)C(O)C(O)[C@H]1O. The van der Waals surface area contributed by atoms with Crippen molar-refractivity contribution in [3.63, 3.8) is 0 Å². The minimum Gasteiger partial charge on any atom is -0.388 e. The van der Waals surface area contributed by atoms with Crippen molar-refractivity contribution in [3.05, 3.63) is 0 Å². The van der Waals surface area contributed by atoms with Gasteiger partial charge in [0.1, 0.15) is 29.9 Å². The van der Waals surface area contributed by atoms with Gasteiger partial charge in [-0.1, -0.05) is 0 Å². The number of amides is 2. The standard InChI is InChI=1S/C23H42ClN3O6S/c1-12(24)16(20-18(30)17(29)19(31)22(33-20)34-5)26-21(32)14-8-6-13(10-11-25-14)7-9-15(28)27-23(2,3)4/h12-14,16-20,22,25,29-31H,6-11H2,1-5H3,(H,26,32)(H,27,28)/t12-,13+,14-,16?,17?,18?,19+,20?,22?/m0/s1. The first-order valence-electron chi connectivity index (χ1n) is 12.0. The van der Waals surface area contributed by atoms with Gasteiger partial charge in [-0.25, -0.2) is 0 Å². The Kier molecular flexibility index (Phi) is 11.4. The Morgan fingerprint density at radius 1 is 1.15 bits per heavy atom. The molecular formula is C23H42ClN3O6S. The molecule has 2 rings (SSSR count). The van der Waals surface area contributed by atoms with Crippen LogP contribution in [0.4, 0.5) is 0 Å². The lowest BCUT2D eigenvalue weighted by molar-refractivity contribution is -0.205. The summed E-state index contributed by atoms with van der Waals surface area (Å²) in [6.07, 6.45) is 0.275. The van der Waals surface area contributed by atoms with Crippen LogP contribution in [0.25, 0.3) is 0 Å². The molecule has 9 nitrogen and oxygen atoms in total. The first-order chi connectivity index (χ1) is 15.8. The van der Waals surface area contributed by atoms with E-state index >= 15 is 0 Å². The maximum atomic E-state index is 13.1. The molecule has 0 aromatic heterocycles. The van der Waals surface area contributed by atoms with Gasteiger partial charge in [0.2, 0.25) is 11.8 Å². The lowest BCUT2D eigenvalue weighted by atomic mass is 9.92. The van der Waals surface area contributed by atoms with Gasteiger partial charge in [0.25, 0.3) is 0 Å². The van der Waals surface area contributed by atoms with E-state index < -0.39 is 47.3 Å². The smallest absolute Gasteiger partial charge is 0.237 e. The predicted octanol–water partition coefficient (Wildman–Crippen LogP) is 0.722. The number of hydrogen-bond acceptors (Lipinski definition) is 8. The summed E-state index contributed by atoms with van der Waals surface area (Å²) >= 11 is 7.57. The fraction of sp³-hybridized carbons (Fsp3) is 0.913. The molecule has 0 radical (unpaired) electrons. The molecule has 2 amide bonds. The lowest BCUT2D eigenvalue weighted by Gasteiger charge is -2.44. The third kappa shape index (κ3) is 8.50. The van der Waals surface area contributed by atoms with Crippen molar-refractivity contribution in [2.45, 2.75) is 113 Å². The Morgan fingerprint density at radius 2 is 1.82 bits per heavy atom. The van der Waals surface area contributed by atoms with Gasteiger partial charge < -0.3 is 36.0 Å². The van der Waals surface area contributed by atoms with Gasteiger partial charge in [-0.15, -0.1) is 23.4 Å². The second-order valence-electron chi connectivity index (χ2n) is 10.5. The van der Waals surface area contributed by atoms with E-state index in [2.05, 4.69) is 16.0 Å². The third-order valence-electron chi connectivity index (χ3n) is 6.41. The van der Waals surface area contributed by atoms with E-state index in [0.29, 0.717) is 25.3 Å². The minimum atomic E-state index is -1.40. The van der Waals surface area contributed by atoms with Crippen molar-refractivity contribution < 1.29 is 29.6 Å². The van der Waals surface area contributed by atoms with E-state index in [-0.39, 0.29) is 17.4 Å². The van der Waals surface area contributed by atoms with Gasteiger partial charge in [-0.2, -0.15) is 0 Å². The molecular weight excluding hydrogens is 482 g/mol. The van der Waals surface area contributed by atoms with Gasteiger partial charge in [-0.05, 0) is 72.1 Å². The van der Waals surface area contributed by atoms with Crippen LogP contribution in [0, 0.1) is 5.92 Å². The summed E-state index contributed by atoms with van der Waals surface area (Å²) in [5.74, 6) is 0.141. The molecule has 0 bridgehead atoms. The van der Waals surface area contributed by atoms with Crippen LogP contribution in [-0.4, -0.2) is 92.8 Å². The van der Waals surface area contributed by atoms with Crippen molar-refractivity contribution in [2.75, 3.05) is 12.8 Å². The van der Waals surface area contributed by atoms with Crippen LogP contribution in [0.5, 0.6) is 0 Å². The fourth-order valence-corrected chi connectivity index (χ4v) is 5.41. The molecule has 2 fully saturated rings.